The Morgan fingerprint density at radius 2 is 2.26 bits per heavy atom. The van der Waals surface area contributed by atoms with Gasteiger partial charge in [-0.05, 0) is 24.1 Å². The summed E-state index contributed by atoms with van der Waals surface area (Å²) in [5, 5.41) is 8.78. The second kappa shape index (κ2) is 5.30. The zero-order valence-corrected chi connectivity index (χ0v) is 11.5. The number of imidazole rings is 1. The zero-order valence-electron chi connectivity index (χ0n) is 11.5. The van der Waals surface area contributed by atoms with E-state index in [4.69, 9.17) is 5.11 Å². The van der Waals surface area contributed by atoms with Crippen molar-refractivity contribution >= 4 is 22.7 Å². The van der Waals surface area contributed by atoms with Gasteiger partial charge in [0.25, 0.3) is 0 Å². The molecule has 1 N–H and O–H groups in total. The van der Waals surface area contributed by atoms with Gasteiger partial charge in [0.15, 0.2) is 0 Å². The van der Waals surface area contributed by atoms with Gasteiger partial charge in [-0.2, -0.15) is 0 Å². The second-order valence-corrected chi connectivity index (χ2v) is 5.11. The van der Waals surface area contributed by atoms with E-state index in [0.717, 1.165) is 16.7 Å². The van der Waals surface area contributed by atoms with Crippen LogP contribution in [0.2, 0.25) is 0 Å². The fourth-order valence-corrected chi connectivity index (χ4v) is 2.30. The van der Waals surface area contributed by atoms with Crippen LogP contribution < -0.4 is 4.90 Å². The minimum atomic E-state index is -0.749. The topological polar surface area (TPSA) is 58.4 Å². The van der Waals surface area contributed by atoms with Crippen molar-refractivity contribution in [2.75, 3.05) is 18.5 Å². The molecule has 0 saturated heterocycles. The van der Waals surface area contributed by atoms with Crippen molar-refractivity contribution in [1.82, 2.24) is 9.55 Å². The van der Waals surface area contributed by atoms with E-state index in [1.807, 2.05) is 43.8 Å². The molecule has 2 rings (SSSR count). The maximum Gasteiger partial charge on any atom is 0.303 e. The van der Waals surface area contributed by atoms with E-state index in [1.165, 1.54) is 0 Å². The molecule has 0 fully saturated rings. The number of carbonyl (C=O) groups is 1. The van der Waals surface area contributed by atoms with Gasteiger partial charge in [-0.25, -0.2) is 4.98 Å². The number of anilines is 1. The predicted molar refractivity (Wildman–Crippen MR) is 75.4 cm³/mol. The number of nitrogens with zero attached hydrogens (tertiary/aromatic N) is 3. The van der Waals surface area contributed by atoms with Crippen LogP contribution in [0.1, 0.15) is 13.3 Å². The Labute approximate surface area is 112 Å². The first kappa shape index (κ1) is 13.4. The van der Waals surface area contributed by atoms with Crippen molar-refractivity contribution in [3.05, 3.63) is 24.5 Å². The van der Waals surface area contributed by atoms with Crippen LogP contribution in [0, 0.1) is 5.92 Å². The molecule has 102 valence electrons. The van der Waals surface area contributed by atoms with Gasteiger partial charge in [0.05, 0.1) is 17.4 Å². The van der Waals surface area contributed by atoms with Crippen LogP contribution in [0.25, 0.3) is 11.0 Å². The number of fused-ring (bicyclic) bond motifs is 1. The number of hydrogen-bond donors (Lipinski definition) is 1. The Morgan fingerprint density at radius 1 is 1.53 bits per heavy atom. The maximum absolute atomic E-state index is 10.7. The number of benzene rings is 1. The summed E-state index contributed by atoms with van der Waals surface area (Å²) < 4.78 is 1.98. The van der Waals surface area contributed by atoms with Crippen LogP contribution in [-0.4, -0.2) is 34.2 Å². The molecule has 1 heterocycles. The number of hydrogen-bond acceptors (Lipinski definition) is 3. The summed E-state index contributed by atoms with van der Waals surface area (Å²) in [4.78, 5) is 17.1. The highest BCUT2D eigenvalue weighted by atomic mass is 16.4. The summed E-state index contributed by atoms with van der Waals surface area (Å²) >= 11 is 0. The van der Waals surface area contributed by atoms with Crippen molar-refractivity contribution in [1.29, 1.82) is 0 Å². The molecule has 0 radical (unpaired) electrons. The number of rotatable bonds is 5. The monoisotopic (exact) mass is 261 g/mol. The number of aliphatic carboxylic acids is 1. The summed E-state index contributed by atoms with van der Waals surface area (Å²) in [5.74, 6) is -0.636. The van der Waals surface area contributed by atoms with Gasteiger partial charge in [0.1, 0.15) is 0 Å². The third kappa shape index (κ3) is 3.05. The average molecular weight is 261 g/mol. The molecule has 0 aliphatic rings. The first-order valence-electron chi connectivity index (χ1n) is 6.31. The summed E-state index contributed by atoms with van der Waals surface area (Å²) in [6.07, 6.45) is 1.98. The van der Waals surface area contributed by atoms with E-state index in [9.17, 15) is 4.79 Å². The largest absolute Gasteiger partial charge is 0.481 e. The van der Waals surface area contributed by atoms with Gasteiger partial charge in [-0.1, -0.05) is 6.92 Å². The summed E-state index contributed by atoms with van der Waals surface area (Å²) in [5.41, 5.74) is 3.11. The second-order valence-electron chi connectivity index (χ2n) is 5.11. The molecular weight excluding hydrogens is 242 g/mol. The van der Waals surface area contributed by atoms with Crippen LogP contribution in [0.15, 0.2) is 24.5 Å². The molecule has 0 aliphatic carbocycles. The molecule has 1 aromatic carbocycles. The van der Waals surface area contributed by atoms with Crippen molar-refractivity contribution in [2.24, 2.45) is 13.0 Å². The zero-order chi connectivity index (χ0) is 14.0. The highest BCUT2D eigenvalue weighted by Gasteiger charge is 2.12. The lowest BCUT2D eigenvalue weighted by atomic mass is 10.1. The van der Waals surface area contributed by atoms with Crippen LogP contribution in [-0.2, 0) is 11.8 Å². The Bertz CT molecular complexity index is 591. The molecule has 5 heteroatoms. The quantitative estimate of drug-likeness (QED) is 0.895. The minimum Gasteiger partial charge on any atom is -0.481 e. The first-order chi connectivity index (χ1) is 8.97. The molecule has 0 amide bonds. The fourth-order valence-electron chi connectivity index (χ4n) is 2.30. The van der Waals surface area contributed by atoms with E-state index in [0.29, 0.717) is 6.54 Å². The summed E-state index contributed by atoms with van der Waals surface area (Å²) in [6, 6.07) is 6.11. The van der Waals surface area contributed by atoms with Crippen molar-refractivity contribution < 1.29 is 9.90 Å². The average Bonchev–Trinajstić information content (AvgIpc) is 2.69. The number of carboxylic acids is 1. The molecule has 1 atom stereocenters. The smallest absolute Gasteiger partial charge is 0.303 e. The van der Waals surface area contributed by atoms with Gasteiger partial charge < -0.3 is 14.6 Å². The van der Waals surface area contributed by atoms with E-state index in [2.05, 4.69) is 9.88 Å². The summed E-state index contributed by atoms with van der Waals surface area (Å²) in [6.45, 7) is 2.66. The molecule has 1 aromatic heterocycles. The van der Waals surface area contributed by atoms with E-state index >= 15 is 0 Å². The normalized spacial score (nSPS) is 12.6. The predicted octanol–water partition coefficient (Wildman–Crippen LogP) is 2.12. The van der Waals surface area contributed by atoms with E-state index in [-0.39, 0.29) is 12.3 Å². The van der Waals surface area contributed by atoms with Gasteiger partial charge in [-0.15, -0.1) is 0 Å². The van der Waals surface area contributed by atoms with Crippen molar-refractivity contribution in [3.63, 3.8) is 0 Å². The highest BCUT2D eigenvalue weighted by molar-refractivity contribution is 5.79. The van der Waals surface area contributed by atoms with Crippen molar-refractivity contribution in [3.8, 4) is 0 Å². The third-order valence-corrected chi connectivity index (χ3v) is 3.26. The van der Waals surface area contributed by atoms with Gasteiger partial charge in [0.2, 0.25) is 0 Å². The van der Waals surface area contributed by atoms with E-state index in [1.54, 1.807) is 6.33 Å². The molecule has 0 bridgehead atoms. The Hall–Kier alpha value is -2.04. The van der Waals surface area contributed by atoms with E-state index < -0.39 is 5.97 Å². The van der Waals surface area contributed by atoms with Gasteiger partial charge in [0, 0.05) is 32.7 Å². The molecular formula is C14H19N3O2. The SMILES string of the molecule is CC(CC(=O)O)CN(C)c1ccc2c(c1)ncn2C. The molecule has 0 saturated carbocycles. The molecule has 0 spiro atoms. The number of carboxylic acid groups (broad SMARTS) is 1. The van der Waals surface area contributed by atoms with Gasteiger partial charge in [-0.3, -0.25) is 4.79 Å². The van der Waals surface area contributed by atoms with Crippen LogP contribution in [0.3, 0.4) is 0 Å². The molecule has 0 aliphatic heterocycles. The summed E-state index contributed by atoms with van der Waals surface area (Å²) in [7, 11) is 3.94. The standard InChI is InChI=1S/C14H19N3O2/c1-10(6-14(18)19)8-16(2)11-4-5-13-12(7-11)15-9-17(13)3/h4-5,7,9-10H,6,8H2,1-3H3,(H,18,19). The lowest BCUT2D eigenvalue weighted by Crippen LogP contribution is -2.25. The Morgan fingerprint density at radius 3 is 2.95 bits per heavy atom. The van der Waals surface area contributed by atoms with Crippen LogP contribution in [0.4, 0.5) is 5.69 Å². The number of aryl methyl sites for hydroxylation is 1. The number of aromatic nitrogens is 2. The lowest BCUT2D eigenvalue weighted by Gasteiger charge is -2.22. The van der Waals surface area contributed by atoms with Crippen molar-refractivity contribution in [2.45, 2.75) is 13.3 Å². The van der Waals surface area contributed by atoms with Crippen LogP contribution in [0.5, 0.6) is 0 Å². The van der Waals surface area contributed by atoms with Crippen LogP contribution >= 0.6 is 0 Å². The highest BCUT2D eigenvalue weighted by Crippen LogP contribution is 2.21. The minimum absolute atomic E-state index is 0.113. The third-order valence-electron chi connectivity index (χ3n) is 3.26. The van der Waals surface area contributed by atoms with Gasteiger partial charge >= 0.3 is 5.97 Å². The molecule has 2 aromatic rings. The first-order valence-corrected chi connectivity index (χ1v) is 6.31. The molecule has 19 heavy (non-hydrogen) atoms. The Balaban J connectivity index is 2.12. The maximum atomic E-state index is 10.7. The molecule has 1 unspecified atom stereocenters. The molecule has 5 nitrogen and oxygen atoms in total. The lowest BCUT2D eigenvalue weighted by molar-refractivity contribution is -0.137. The Kier molecular flexibility index (Phi) is 3.74. The fraction of sp³-hybridized carbons (Fsp3) is 0.429.